The molecule has 0 saturated heterocycles. The Morgan fingerprint density at radius 2 is 1.75 bits per heavy atom. The summed E-state index contributed by atoms with van der Waals surface area (Å²) in [4.78, 5) is 25.6. The van der Waals surface area contributed by atoms with Crippen molar-refractivity contribution in [3.63, 3.8) is 0 Å². The maximum Gasteiger partial charge on any atom is 0.573 e. The maximum absolute atomic E-state index is 12.6. The van der Waals surface area contributed by atoms with Crippen LogP contribution in [0.25, 0.3) is 0 Å². The zero-order chi connectivity index (χ0) is 20.3. The van der Waals surface area contributed by atoms with Crippen molar-refractivity contribution in [1.29, 1.82) is 0 Å². The van der Waals surface area contributed by atoms with Gasteiger partial charge in [0.05, 0.1) is 0 Å². The van der Waals surface area contributed by atoms with Crippen LogP contribution in [0.3, 0.4) is 0 Å². The topological polar surface area (TPSA) is 58.6 Å². The molecular weight excluding hydrogens is 373 g/mol. The van der Waals surface area contributed by atoms with E-state index in [0.717, 1.165) is 12.8 Å². The summed E-state index contributed by atoms with van der Waals surface area (Å²) in [5.41, 5.74) is 1.20. The molecule has 0 aromatic heterocycles. The number of carbonyl (C=O) groups is 2. The average molecular weight is 392 g/mol. The van der Waals surface area contributed by atoms with Crippen LogP contribution in [0.4, 0.5) is 18.9 Å². The first-order valence-corrected chi connectivity index (χ1v) is 8.73. The standard InChI is InChI=1S/C20H19F3N2O3/c1-25(12-15-4-2-3-5-17(15)28-20(21,22)23)19(27)14-8-10-16(11-9-14)24-18(26)13-6-7-13/h2-5,8-11,13H,6-7,12H2,1H3,(H,24,26). The molecule has 148 valence electrons. The first-order chi connectivity index (χ1) is 13.2. The fraction of sp³-hybridized carbons (Fsp3) is 0.300. The summed E-state index contributed by atoms with van der Waals surface area (Å²) >= 11 is 0. The molecule has 1 N–H and O–H groups in total. The van der Waals surface area contributed by atoms with Crippen molar-refractivity contribution in [3.05, 3.63) is 59.7 Å². The number of rotatable bonds is 6. The van der Waals surface area contributed by atoms with Crippen molar-refractivity contribution in [3.8, 4) is 5.75 Å². The van der Waals surface area contributed by atoms with Crippen LogP contribution in [-0.2, 0) is 11.3 Å². The number of nitrogens with one attached hydrogen (secondary N) is 1. The number of ether oxygens (including phenoxy) is 1. The molecule has 2 aromatic carbocycles. The minimum Gasteiger partial charge on any atom is -0.405 e. The van der Waals surface area contributed by atoms with E-state index in [1.165, 1.54) is 30.1 Å². The Labute approximate surface area is 160 Å². The van der Waals surface area contributed by atoms with Gasteiger partial charge < -0.3 is 15.0 Å². The fourth-order valence-electron chi connectivity index (χ4n) is 2.69. The van der Waals surface area contributed by atoms with Crippen LogP contribution >= 0.6 is 0 Å². The van der Waals surface area contributed by atoms with E-state index in [2.05, 4.69) is 10.1 Å². The summed E-state index contributed by atoms with van der Waals surface area (Å²) in [5, 5.41) is 2.78. The number of hydrogen-bond donors (Lipinski definition) is 1. The number of amides is 2. The van der Waals surface area contributed by atoms with E-state index in [0.29, 0.717) is 11.3 Å². The maximum atomic E-state index is 12.6. The predicted molar refractivity (Wildman–Crippen MR) is 96.7 cm³/mol. The number of halogens is 3. The van der Waals surface area contributed by atoms with Crippen molar-refractivity contribution in [1.82, 2.24) is 4.90 Å². The van der Waals surface area contributed by atoms with E-state index in [1.54, 1.807) is 30.3 Å². The lowest BCUT2D eigenvalue weighted by molar-refractivity contribution is -0.275. The lowest BCUT2D eigenvalue weighted by Crippen LogP contribution is -2.27. The number of para-hydroxylation sites is 1. The number of benzene rings is 2. The number of anilines is 1. The third kappa shape index (κ3) is 5.25. The smallest absolute Gasteiger partial charge is 0.405 e. The third-order valence-electron chi connectivity index (χ3n) is 4.30. The molecule has 0 aliphatic heterocycles. The highest BCUT2D eigenvalue weighted by molar-refractivity contribution is 5.96. The molecule has 5 nitrogen and oxygen atoms in total. The Morgan fingerprint density at radius 3 is 2.36 bits per heavy atom. The van der Waals surface area contributed by atoms with Gasteiger partial charge in [-0.15, -0.1) is 13.2 Å². The lowest BCUT2D eigenvalue weighted by atomic mass is 10.1. The molecule has 0 bridgehead atoms. The van der Waals surface area contributed by atoms with Gasteiger partial charge in [-0.2, -0.15) is 0 Å². The lowest BCUT2D eigenvalue weighted by Gasteiger charge is -2.20. The van der Waals surface area contributed by atoms with E-state index < -0.39 is 6.36 Å². The van der Waals surface area contributed by atoms with Crippen LogP contribution < -0.4 is 10.1 Å². The van der Waals surface area contributed by atoms with Crippen molar-refractivity contribution in [2.45, 2.75) is 25.7 Å². The monoisotopic (exact) mass is 392 g/mol. The molecule has 2 amide bonds. The van der Waals surface area contributed by atoms with Gasteiger partial charge in [0.15, 0.2) is 0 Å². The second-order valence-corrected chi connectivity index (χ2v) is 6.66. The summed E-state index contributed by atoms with van der Waals surface area (Å²) in [6, 6.07) is 12.1. The Bertz CT molecular complexity index is 862. The zero-order valence-corrected chi connectivity index (χ0v) is 15.1. The van der Waals surface area contributed by atoms with Gasteiger partial charge >= 0.3 is 6.36 Å². The van der Waals surface area contributed by atoms with Crippen LogP contribution in [0.2, 0.25) is 0 Å². The first-order valence-electron chi connectivity index (χ1n) is 8.73. The Morgan fingerprint density at radius 1 is 1.11 bits per heavy atom. The van der Waals surface area contributed by atoms with Crippen molar-refractivity contribution >= 4 is 17.5 Å². The highest BCUT2D eigenvalue weighted by atomic mass is 19.4. The molecule has 0 atom stereocenters. The molecular formula is C20H19F3N2O3. The van der Waals surface area contributed by atoms with E-state index in [1.807, 2.05) is 0 Å². The van der Waals surface area contributed by atoms with E-state index in [9.17, 15) is 22.8 Å². The second kappa shape index (κ2) is 7.92. The van der Waals surface area contributed by atoms with Gasteiger partial charge in [0, 0.05) is 36.3 Å². The van der Waals surface area contributed by atoms with Crippen LogP contribution in [-0.4, -0.2) is 30.1 Å². The van der Waals surface area contributed by atoms with Gasteiger partial charge in [0.1, 0.15) is 5.75 Å². The van der Waals surface area contributed by atoms with Crippen molar-refractivity contribution in [2.24, 2.45) is 5.92 Å². The SMILES string of the molecule is CN(Cc1ccccc1OC(F)(F)F)C(=O)c1ccc(NC(=O)C2CC2)cc1. The Balaban J connectivity index is 1.65. The van der Waals surface area contributed by atoms with Gasteiger partial charge in [0.2, 0.25) is 5.91 Å². The van der Waals surface area contributed by atoms with Gasteiger partial charge in [-0.3, -0.25) is 9.59 Å². The summed E-state index contributed by atoms with van der Waals surface area (Å²) in [5.74, 6) is -0.654. The number of nitrogens with zero attached hydrogens (tertiary/aromatic N) is 1. The summed E-state index contributed by atoms with van der Waals surface area (Å²) in [6.45, 7) is -0.0503. The van der Waals surface area contributed by atoms with Crippen molar-refractivity contribution < 1.29 is 27.5 Å². The van der Waals surface area contributed by atoms with E-state index in [-0.39, 0.29) is 35.6 Å². The number of carbonyl (C=O) groups excluding carboxylic acids is 2. The molecule has 2 aromatic rings. The number of hydrogen-bond acceptors (Lipinski definition) is 3. The highest BCUT2D eigenvalue weighted by Gasteiger charge is 2.32. The van der Waals surface area contributed by atoms with Crippen LogP contribution in [0.5, 0.6) is 5.75 Å². The van der Waals surface area contributed by atoms with Gasteiger partial charge in [-0.25, -0.2) is 0 Å². The quantitative estimate of drug-likeness (QED) is 0.801. The minimum atomic E-state index is -4.81. The molecule has 1 aliphatic carbocycles. The molecule has 1 aliphatic rings. The Hall–Kier alpha value is -3.03. The largest absolute Gasteiger partial charge is 0.573 e. The van der Waals surface area contributed by atoms with Crippen molar-refractivity contribution in [2.75, 3.05) is 12.4 Å². The molecule has 0 spiro atoms. The molecule has 0 radical (unpaired) electrons. The van der Waals surface area contributed by atoms with E-state index in [4.69, 9.17) is 0 Å². The zero-order valence-electron chi connectivity index (χ0n) is 15.1. The average Bonchev–Trinajstić information content (AvgIpc) is 3.47. The normalized spacial score (nSPS) is 13.7. The molecule has 8 heteroatoms. The molecule has 28 heavy (non-hydrogen) atoms. The van der Waals surface area contributed by atoms with Crippen LogP contribution in [0.15, 0.2) is 48.5 Å². The fourth-order valence-corrected chi connectivity index (χ4v) is 2.69. The molecule has 1 fully saturated rings. The number of alkyl halides is 3. The summed E-state index contributed by atoms with van der Waals surface area (Å²) in [7, 11) is 1.50. The van der Waals surface area contributed by atoms with Gasteiger partial charge in [-0.05, 0) is 43.2 Å². The van der Waals surface area contributed by atoms with Crippen LogP contribution in [0.1, 0.15) is 28.8 Å². The molecule has 0 heterocycles. The second-order valence-electron chi connectivity index (χ2n) is 6.66. The first kappa shape index (κ1) is 19.7. The highest BCUT2D eigenvalue weighted by Crippen LogP contribution is 2.30. The molecule has 1 saturated carbocycles. The van der Waals surface area contributed by atoms with Crippen LogP contribution in [0, 0.1) is 5.92 Å². The Kier molecular flexibility index (Phi) is 5.58. The summed E-state index contributed by atoms with van der Waals surface area (Å²) < 4.78 is 41.6. The third-order valence-corrected chi connectivity index (χ3v) is 4.30. The van der Waals surface area contributed by atoms with Gasteiger partial charge in [-0.1, -0.05) is 18.2 Å². The van der Waals surface area contributed by atoms with Gasteiger partial charge in [0.25, 0.3) is 5.91 Å². The summed E-state index contributed by atoms with van der Waals surface area (Å²) in [6.07, 6.45) is -3.02. The predicted octanol–water partition coefficient (Wildman–Crippen LogP) is 4.21. The van der Waals surface area contributed by atoms with E-state index >= 15 is 0 Å². The molecule has 0 unspecified atom stereocenters. The minimum absolute atomic E-state index is 0.0301. The molecule has 3 rings (SSSR count).